The first-order valence-corrected chi connectivity index (χ1v) is 7.91. The normalized spacial score (nSPS) is 29.9. The number of Topliss-reactive ketones (excluding diaryl/α,β-unsaturated/α-hetero) is 1. The lowest BCUT2D eigenvalue weighted by Crippen LogP contribution is -2.42. The highest BCUT2D eigenvalue weighted by atomic mass is 19.1. The molecule has 2 nitrogen and oxygen atoms in total. The minimum absolute atomic E-state index is 0.102. The molecule has 1 saturated carbocycles. The van der Waals surface area contributed by atoms with Crippen LogP contribution in [0.25, 0.3) is 6.08 Å². The van der Waals surface area contributed by atoms with E-state index in [1.165, 1.54) is 18.2 Å². The van der Waals surface area contributed by atoms with Crippen LogP contribution in [-0.4, -0.2) is 17.0 Å². The second-order valence-electron chi connectivity index (χ2n) is 6.77. The maximum atomic E-state index is 13.9. The zero-order valence-electron chi connectivity index (χ0n) is 13.3. The van der Waals surface area contributed by atoms with Gasteiger partial charge in [-0.25, -0.2) is 8.78 Å². The number of aliphatic hydroxyl groups excluding tert-OH is 1. The Balaban J connectivity index is 2.07. The van der Waals surface area contributed by atoms with Gasteiger partial charge in [0.2, 0.25) is 0 Å². The number of carbonyl (C=O) groups excluding carboxylic acids is 1. The maximum absolute atomic E-state index is 13.9. The zero-order valence-corrected chi connectivity index (χ0v) is 13.3. The van der Waals surface area contributed by atoms with Gasteiger partial charge in [-0.2, -0.15) is 0 Å². The van der Waals surface area contributed by atoms with Crippen LogP contribution in [0.1, 0.15) is 45.1 Å². The third kappa shape index (κ3) is 2.65. The minimum atomic E-state index is -0.688. The minimum Gasteiger partial charge on any atom is -0.392 e. The molecule has 0 radical (unpaired) electrons. The summed E-state index contributed by atoms with van der Waals surface area (Å²) in [5, 5.41) is 10.4. The number of carbonyl (C=O) groups is 1. The molecular formula is C19H20F2O2. The summed E-state index contributed by atoms with van der Waals surface area (Å²) in [5.41, 5.74) is 1.88. The molecule has 0 bridgehead atoms. The molecule has 0 aliphatic heterocycles. The van der Waals surface area contributed by atoms with E-state index in [-0.39, 0.29) is 11.3 Å². The number of benzene rings is 1. The number of halogens is 2. The van der Waals surface area contributed by atoms with Gasteiger partial charge in [0, 0.05) is 22.6 Å². The summed E-state index contributed by atoms with van der Waals surface area (Å²) in [7, 11) is 0. The molecule has 1 aromatic rings. The first-order valence-electron chi connectivity index (χ1n) is 7.91. The van der Waals surface area contributed by atoms with Crippen LogP contribution < -0.4 is 0 Å². The van der Waals surface area contributed by atoms with Crippen molar-refractivity contribution < 1.29 is 18.7 Å². The number of aliphatic hydroxyl groups is 1. The lowest BCUT2D eigenvalue weighted by atomic mass is 9.61. The molecule has 1 fully saturated rings. The second-order valence-corrected chi connectivity index (χ2v) is 6.77. The van der Waals surface area contributed by atoms with Crippen molar-refractivity contribution in [2.75, 3.05) is 0 Å². The molecule has 1 N–H and O–H groups in total. The fourth-order valence-corrected chi connectivity index (χ4v) is 3.89. The monoisotopic (exact) mass is 318 g/mol. The Labute approximate surface area is 134 Å². The maximum Gasteiger partial charge on any atom is 0.184 e. The van der Waals surface area contributed by atoms with Crippen LogP contribution >= 0.6 is 0 Å². The van der Waals surface area contributed by atoms with Gasteiger partial charge in [0.05, 0.1) is 6.10 Å². The molecule has 4 heteroatoms. The Kier molecular flexibility index (Phi) is 3.96. The van der Waals surface area contributed by atoms with Gasteiger partial charge >= 0.3 is 0 Å². The molecule has 2 aliphatic rings. The quantitative estimate of drug-likeness (QED) is 0.788. The smallest absolute Gasteiger partial charge is 0.184 e. The van der Waals surface area contributed by atoms with E-state index in [4.69, 9.17) is 0 Å². The van der Waals surface area contributed by atoms with Crippen molar-refractivity contribution in [1.29, 1.82) is 0 Å². The molecule has 3 rings (SSSR count). The van der Waals surface area contributed by atoms with E-state index >= 15 is 0 Å². The number of hydrogen-bond donors (Lipinski definition) is 1. The van der Waals surface area contributed by atoms with Gasteiger partial charge in [0.25, 0.3) is 0 Å². The molecule has 0 amide bonds. The molecule has 122 valence electrons. The van der Waals surface area contributed by atoms with Gasteiger partial charge in [-0.05, 0) is 56.4 Å². The Morgan fingerprint density at radius 1 is 1.35 bits per heavy atom. The van der Waals surface area contributed by atoms with Crippen LogP contribution in [0.5, 0.6) is 0 Å². The molecule has 0 spiro atoms. The zero-order chi connectivity index (χ0) is 16.8. The first-order chi connectivity index (χ1) is 10.8. The van der Waals surface area contributed by atoms with Crippen molar-refractivity contribution in [2.24, 2.45) is 5.41 Å². The Morgan fingerprint density at radius 3 is 2.78 bits per heavy atom. The number of ketones is 1. The Bertz CT molecular complexity index is 733. The molecule has 2 aliphatic carbocycles. The van der Waals surface area contributed by atoms with Crippen molar-refractivity contribution >= 4 is 11.9 Å². The van der Waals surface area contributed by atoms with Crippen LogP contribution in [0.4, 0.5) is 8.78 Å². The Hall–Kier alpha value is -1.81. The summed E-state index contributed by atoms with van der Waals surface area (Å²) >= 11 is 0. The topological polar surface area (TPSA) is 37.3 Å². The van der Waals surface area contributed by atoms with Crippen LogP contribution in [0.2, 0.25) is 0 Å². The van der Waals surface area contributed by atoms with E-state index < -0.39 is 23.2 Å². The molecular weight excluding hydrogens is 298 g/mol. The fourth-order valence-electron chi connectivity index (χ4n) is 3.89. The standard InChI is InChI=1S/C19H20F2O2/c1-11-15-4-3-5-17(22)19(15,2)10-13(18(11)23)8-12-6-7-14(20)9-16(12)21/h6-9,17,22H,3-5,10H2,1-2H3/t17-,19-/m0/s1. The summed E-state index contributed by atoms with van der Waals surface area (Å²) in [6, 6.07) is 3.32. The van der Waals surface area contributed by atoms with Gasteiger partial charge in [0.1, 0.15) is 11.6 Å². The molecule has 0 heterocycles. The van der Waals surface area contributed by atoms with Crippen molar-refractivity contribution in [3.05, 3.63) is 52.1 Å². The van der Waals surface area contributed by atoms with Gasteiger partial charge < -0.3 is 5.11 Å². The molecule has 2 atom stereocenters. The molecule has 0 saturated heterocycles. The Morgan fingerprint density at radius 2 is 2.09 bits per heavy atom. The summed E-state index contributed by atoms with van der Waals surface area (Å²) in [6.45, 7) is 3.75. The molecule has 23 heavy (non-hydrogen) atoms. The highest BCUT2D eigenvalue weighted by Gasteiger charge is 2.45. The van der Waals surface area contributed by atoms with Crippen LogP contribution in [0.15, 0.2) is 34.9 Å². The van der Waals surface area contributed by atoms with Crippen LogP contribution in [0.3, 0.4) is 0 Å². The van der Waals surface area contributed by atoms with Crippen molar-refractivity contribution in [3.8, 4) is 0 Å². The largest absolute Gasteiger partial charge is 0.392 e. The molecule has 0 unspecified atom stereocenters. The van der Waals surface area contributed by atoms with E-state index in [1.54, 1.807) is 6.92 Å². The summed E-state index contributed by atoms with van der Waals surface area (Å²) in [5.74, 6) is -1.44. The number of rotatable bonds is 1. The van der Waals surface area contributed by atoms with Gasteiger partial charge in [-0.1, -0.05) is 12.5 Å². The summed E-state index contributed by atoms with van der Waals surface area (Å²) < 4.78 is 26.9. The van der Waals surface area contributed by atoms with Crippen molar-refractivity contribution in [3.63, 3.8) is 0 Å². The lowest BCUT2D eigenvalue weighted by molar-refractivity contribution is -0.113. The highest BCUT2D eigenvalue weighted by molar-refractivity contribution is 6.12. The highest BCUT2D eigenvalue weighted by Crippen LogP contribution is 2.50. The van der Waals surface area contributed by atoms with Gasteiger partial charge in [0.15, 0.2) is 5.78 Å². The third-order valence-electron chi connectivity index (χ3n) is 5.26. The average molecular weight is 318 g/mol. The lowest BCUT2D eigenvalue weighted by Gasteiger charge is -2.45. The third-order valence-corrected chi connectivity index (χ3v) is 5.26. The van der Waals surface area contributed by atoms with Gasteiger partial charge in [-0.15, -0.1) is 0 Å². The average Bonchev–Trinajstić information content (AvgIpc) is 2.49. The number of hydrogen-bond acceptors (Lipinski definition) is 2. The van der Waals surface area contributed by atoms with Crippen LogP contribution in [0, 0.1) is 17.0 Å². The SMILES string of the molecule is CC1=C2CCC[C@H](O)[C@@]2(C)CC(=Cc2ccc(F)cc2F)C1=O. The van der Waals surface area contributed by atoms with Crippen molar-refractivity contribution in [1.82, 2.24) is 0 Å². The van der Waals surface area contributed by atoms with E-state index in [1.807, 2.05) is 6.92 Å². The number of fused-ring (bicyclic) bond motifs is 1. The summed E-state index contributed by atoms with van der Waals surface area (Å²) in [6.07, 6.45) is 3.78. The molecule has 1 aromatic carbocycles. The van der Waals surface area contributed by atoms with Crippen molar-refractivity contribution in [2.45, 2.75) is 45.6 Å². The first kappa shape index (κ1) is 16.1. The van der Waals surface area contributed by atoms with Crippen LogP contribution in [-0.2, 0) is 4.79 Å². The number of allylic oxidation sites excluding steroid dienone is 2. The predicted octanol–water partition coefficient (Wildman–Crippen LogP) is 4.19. The van der Waals surface area contributed by atoms with E-state index in [0.29, 0.717) is 24.0 Å². The predicted molar refractivity (Wildman–Crippen MR) is 84.6 cm³/mol. The van der Waals surface area contributed by atoms with E-state index in [2.05, 4.69) is 0 Å². The van der Waals surface area contributed by atoms with Gasteiger partial charge in [-0.3, -0.25) is 4.79 Å². The molecule has 0 aromatic heterocycles. The van der Waals surface area contributed by atoms with E-state index in [9.17, 15) is 18.7 Å². The fraction of sp³-hybridized carbons (Fsp3) is 0.421. The van der Waals surface area contributed by atoms with E-state index in [0.717, 1.165) is 24.5 Å². The second kappa shape index (κ2) is 5.68. The summed E-state index contributed by atoms with van der Waals surface area (Å²) in [4.78, 5) is 12.6.